The molecule has 20 heavy (non-hydrogen) atoms. The minimum Gasteiger partial charge on any atom is -0.352 e. The summed E-state index contributed by atoms with van der Waals surface area (Å²) in [5.74, 6) is -0.334. The van der Waals surface area contributed by atoms with Gasteiger partial charge in [-0.2, -0.15) is 0 Å². The quantitative estimate of drug-likeness (QED) is 0.929. The molecule has 2 aromatic rings. The number of pyridine rings is 1. The maximum absolute atomic E-state index is 13.0. The molecule has 0 fully saturated rings. The van der Waals surface area contributed by atoms with Gasteiger partial charge in [0.1, 0.15) is 5.82 Å². The topological polar surface area (TPSA) is 42.0 Å². The second kappa shape index (κ2) is 6.28. The third-order valence-corrected chi connectivity index (χ3v) is 2.99. The first-order valence-electron chi connectivity index (χ1n) is 6.55. The Morgan fingerprint density at radius 2 is 1.95 bits per heavy atom. The van der Waals surface area contributed by atoms with Crippen LogP contribution in [0.15, 0.2) is 42.6 Å². The van der Waals surface area contributed by atoms with Gasteiger partial charge in [-0.3, -0.25) is 9.78 Å². The molecule has 0 unspecified atom stereocenters. The summed E-state index contributed by atoms with van der Waals surface area (Å²) in [5, 5.41) is 2.87. The fourth-order valence-electron chi connectivity index (χ4n) is 1.84. The molecule has 1 aromatic carbocycles. The van der Waals surface area contributed by atoms with E-state index in [1.54, 1.807) is 18.3 Å². The van der Waals surface area contributed by atoms with Gasteiger partial charge in [-0.05, 0) is 35.9 Å². The molecule has 0 aliphatic carbocycles. The third kappa shape index (κ3) is 3.41. The smallest absolute Gasteiger partial charge is 0.222 e. The average molecular weight is 272 g/mol. The van der Waals surface area contributed by atoms with Crippen molar-refractivity contribution in [2.45, 2.75) is 20.4 Å². The van der Waals surface area contributed by atoms with Gasteiger partial charge in [0.2, 0.25) is 5.91 Å². The minimum atomic E-state index is -0.278. The van der Waals surface area contributed by atoms with Gasteiger partial charge in [-0.25, -0.2) is 4.39 Å². The Kier molecular flexibility index (Phi) is 4.45. The van der Waals surface area contributed by atoms with E-state index in [0.29, 0.717) is 6.54 Å². The summed E-state index contributed by atoms with van der Waals surface area (Å²) in [5.41, 5.74) is 2.51. The normalized spacial score (nSPS) is 10.6. The first-order valence-corrected chi connectivity index (χ1v) is 6.55. The number of halogens is 1. The molecule has 3 nitrogen and oxygen atoms in total. The van der Waals surface area contributed by atoms with Crippen molar-refractivity contribution in [1.82, 2.24) is 10.3 Å². The summed E-state index contributed by atoms with van der Waals surface area (Å²) < 4.78 is 13.0. The summed E-state index contributed by atoms with van der Waals surface area (Å²) in [6, 6.07) is 9.91. The van der Waals surface area contributed by atoms with Crippen molar-refractivity contribution in [1.29, 1.82) is 0 Å². The molecule has 1 N–H and O–H groups in total. The Morgan fingerprint density at radius 1 is 1.25 bits per heavy atom. The average Bonchev–Trinajstić information content (AvgIpc) is 2.46. The molecule has 0 aliphatic heterocycles. The Balaban J connectivity index is 2.22. The maximum Gasteiger partial charge on any atom is 0.222 e. The largest absolute Gasteiger partial charge is 0.352 e. The number of aromatic nitrogens is 1. The van der Waals surface area contributed by atoms with Gasteiger partial charge < -0.3 is 5.32 Å². The molecule has 1 aromatic heterocycles. The van der Waals surface area contributed by atoms with Crippen LogP contribution >= 0.6 is 0 Å². The van der Waals surface area contributed by atoms with Gasteiger partial charge in [0.15, 0.2) is 0 Å². The van der Waals surface area contributed by atoms with E-state index in [0.717, 1.165) is 16.8 Å². The molecular formula is C16H17FN2O. The van der Waals surface area contributed by atoms with Crippen molar-refractivity contribution in [2.75, 3.05) is 0 Å². The fraction of sp³-hybridized carbons (Fsp3) is 0.250. The van der Waals surface area contributed by atoms with Crippen LogP contribution in [0.2, 0.25) is 0 Å². The van der Waals surface area contributed by atoms with Crippen molar-refractivity contribution < 1.29 is 9.18 Å². The molecule has 0 bridgehead atoms. The van der Waals surface area contributed by atoms with Gasteiger partial charge in [-0.1, -0.05) is 19.9 Å². The Bertz CT molecular complexity index is 594. The monoisotopic (exact) mass is 272 g/mol. The molecule has 0 radical (unpaired) electrons. The standard InChI is InChI=1S/C16H17FN2O/c1-11(2)16(20)19-10-13-4-3-9-18-15(13)12-5-7-14(17)8-6-12/h3-9,11H,10H2,1-2H3,(H,19,20). The number of nitrogens with zero attached hydrogens (tertiary/aromatic N) is 1. The highest BCUT2D eigenvalue weighted by molar-refractivity contribution is 5.78. The number of hydrogen-bond donors (Lipinski definition) is 1. The lowest BCUT2D eigenvalue weighted by Crippen LogP contribution is -2.27. The highest BCUT2D eigenvalue weighted by Gasteiger charge is 2.10. The van der Waals surface area contributed by atoms with Crippen molar-refractivity contribution >= 4 is 5.91 Å². The van der Waals surface area contributed by atoms with Crippen LogP contribution in [0.5, 0.6) is 0 Å². The zero-order chi connectivity index (χ0) is 14.5. The summed E-state index contributed by atoms with van der Waals surface area (Å²) in [6.07, 6.45) is 1.69. The SMILES string of the molecule is CC(C)C(=O)NCc1cccnc1-c1ccc(F)cc1. The lowest BCUT2D eigenvalue weighted by Gasteiger charge is -2.11. The molecule has 0 spiro atoms. The summed E-state index contributed by atoms with van der Waals surface area (Å²) in [6.45, 7) is 4.11. The van der Waals surface area contributed by atoms with Crippen LogP contribution in [0.25, 0.3) is 11.3 Å². The van der Waals surface area contributed by atoms with Crippen LogP contribution in [0.4, 0.5) is 4.39 Å². The molecule has 0 saturated carbocycles. The van der Waals surface area contributed by atoms with Crippen LogP contribution in [0.1, 0.15) is 19.4 Å². The number of benzene rings is 1. The van der Waals surface area contributed by atoms with Crippen molar-refractivity contribution in [3.63, 3.8) is 0 Å². The van der Waals surface area contributed by atoms with Gasteiger partial charge in [-0.15, -0.1) is 0 Å². The van der Waals surface area contributed by atoms with E-state index in [1.807, 2.05) is 26.0 Å². The molecule has 4 heteroatoms. The number of amides is 1. The Morgan fingerprint density at radius 3 is 2.60 bits per heavy atom. The molecule has 2 rings (SSSR count). The highest BCUT2D eigenvalue weighted by Crippen LogP contribution is 2.21. The Hall–Kier alpha value is -2.23. The van der Waals surface area contributed by atoms with Gasteiger partial charge in [0.25, 0.3) is 0 Å². The first-order chi connectivity index (χ1) is 9.58. The zero-order valence-electron chi connectivity index (χ0n) is 11.6. The van der Waals surface area contributed by atoms with E-state index in [-0.39, 0.29) is 17.6 Å². The van der Waals surface area contributed by atoms with Crippen molar-refractivity contribution in [2.24, 2.45) is 5.92 Å². The fourth-order valence-corrected chi connectivity index (χ4v) is 1.84. The molecule has 0 atom stereocenters. The molecular weight excluding hydrogens is 255 g/mol. The number of nitrogens with one attached hydrogen (secondary N) is 1. The predicted molar refractivity (Wildman–Crippen MR) is 76.3 cm³/mol. The number of hydrogen-bond acceptors (Lipinski definition) is 2. The minimum absolute atomic E-state index is 0.00101. The predicted octanol–water partition coefficient (Wildman–Crippen LogP) is 3.16. The lowest BCUT2D eigenvalue weighted by molar-refractivity contribution is -0.124. The lowest BCUT2D eigenvalue weighted by atomic mass is 10.1. The number of carbonyl (C=O) groups is 1. The summed E-state index contributed by atoms with van der Waals surface area (Å²) in [7, 11) is 0. The third-order valence-electron chi connectivity index (χ3n) is 2.99. The number of carbonyl (C=O) groups excluding carboxylic acids is 1. The molecule has 0 aliphatic rings. The zero-order valence-corrected chi connectivity index (χ0v) is 11.6. The van der Waals surface area contributed by atoms with E-state index in [2.05, 4.69) is 10.3 Å². The van der Waals surface area contributed by atoms with Gasteiger partial charge in [0, 0.05) is 24.2 Å². The molecule has 1 amide bonds. The van der Waals surface area contributed by atoms with Crippen LogP contribution in [0.3, 0.4) is 0 Å². The van der Waals surface area contributed by atoms with E-state index in [4.69, 9.17) is 0 Å². The molecule has 104 valence electrons. The number of rotatable bonds is 4. The van der Waals surface area contributed by atoms with Crippen molar-refractivity contribution in [3.05, 3.63) is 54.0 Å². The maximum atomic E-state index is 13.0. The first kappa shape index (κ1) is 14.2. The highest BCUT2D eigenvalue weighted by atomic mass is 19.1. The van der Waals surface area contributed by atoms with Crippen LogP contribution in [-0.4, -0.2) is 10.9 Å². The van der Waals surface area contributed by atoms with E-state index < -0.39 is 0 Å². The second-order valence-corrected chi connectivity index (χ2v) is 4.89. The van der Waals surface area contributed by atoms with Crippen molar-refractivity contribution in [3.8, 4) is 11.3 Å². The van der Waals surface area contributed by atoms with E-state index in [9.17, 15) is 9.18 Å². The van der Waals surface area contributed by atoms with Crippen LogP contribution in [0, 0.1) is 11.7 Å². The van der Waals surface area contributed by atoms with Gasteiger partial charge >= 0.3 is 0 Å². The molecule has 0 saturated heterocycles. The summed E-state index contributed by atoms with van der Waals surface area (Å²) in [4.78, 5) is 16.0. The van der Waals surface area contributed by atoms with E-state index in [1.165, 1.54) is 12.1 Å². The van der Waals surface area contributed by atoms with Crippen LogP contribution in [-0.2, 0) is 11.3 Å². The van der Waals surface area contributed by atoms with Gasteiger partial charge in [0.05, 0.1) is 5.69 Å². The van der Waals surface area contributed by atoms with Crippen LogP contribution < -0.4 is 5.32 Å². The Labute approximate surface area is 117 Å². The van der Waals surface area contributed by atoms with E-state index >= 15 is 0 Å². The molecule has 1 heterocycles. The second-order valence-electron chi connectivity index (χ2n) is 4.89. The summed E-state index contributed by atoms with van der Waals surface area (Å²) >= 11 is 0.